The number of tetrazole rings is 1. The maximum Gasteiger partial charge on any atom is 0.241 e. The van der Waals surface area contributed by atoms with Crippen molar-refractivity contribution in [3.8, 4) is 11.1 Å². The van der Waals surface area contributed by atoms with E-state index in [1.165, 1.54) is 23.9 Å². The van der Waals surface area contributed by atoms with Crippen LogP contribution >= 0.6 is 11.8 Å². The number of hydrogen-bond donors (Lipinski definition) is 3. The van der Waals surface area contributed by atoms with E-state index in [0.29, 0.717) is 10.9 Å². The lowest BCUT2D eigenvalue weighted by molar-refractivity contribution is -0.268. The second-order valence-electron chi connectivity index (χ2n) is 14.4. The molecule has 5 aromatic carbocycles. The molecule has 0 spiro atoms. The number of hydrogen-bond acceptors (Lipinski definition) is 10. The van der Waals surface area contributed by atoms with Crippen LogP contribution in [0.4, 0.5) is 0 Å². The maximum atomic E-state index is 13.8. The third-order valence-corrected chi connectivity index (χ3v) is 12.9. The highest BCUT2D eigenvalue weighted by Crippen LogP contribution is 2.43. The van der Waals surface area contributed by atoms with Gasteiger partial charge in [-0.3, -0.25) is 4.79 Å². The molecule has 0 bridgehead atoms. The molecule has 1 aliphatic heterocycles. The van der Waals surface area contributed by atoms with Gasteiger partial charge in [0.1, 0.15) is 6.04 Å². The van der Waals surface area contributed by atoms with Crippen LogP contribution in [-0.4, -0.2) is 57.5 Å². The zero-order valence-corrected chi connectivity index (χ0v) is 34.1. The molecule has 58 heavy (non-hydrogen) atoms. The summed E-state index contributed by atoms with van der Waals surface area (Å²) in [6, 6.07) is 38.4. The van der Waals surface area contributed by atoms with E-state index in [2.05, 4.69) is 32.5 Å². The minimum atomic E-state index is -3.98. The molecular weight excluding hydrogens is 773 g/mol. The van der Waals surface area contributed by atoms with Crippen molar-refractivity contribution in [2.45, 2.75) is 68.0 Å². The predicted octanol–water partition coefficient (Wildman–Crippen LogP) is 6.47. The van der Waals surface area contributed by atoms with Gasteiger partial charge in [-0.2, -0.15) is 4.72 Å². The van der Waals surface area contributed by atoms with Gasteiger partial charge >= 0.3 is 0 Å². The number of carbonyl (C=O) groups is 1. The van der Waals surface area contributed by atoms with Crippen molar-refractivity contribution >= 4 is 27.7 Å². The first-order chi connectivity index (χ1) is 28.1. The minimum Gasteiger partial charge on any atom is -0.392 e. The summed E-state index contributed by atoms with van der Waals surface area (Å²) in [5, 5.41) is 25.2. The molecule has 7 rings (SSSR count). The molecule has 2 heterocycles. The summed E-state index contributed by atoms with van der Waals surface area (Å²) in [7, 11) is -2.18. The molecule has 1 aliphatic rings. The Kier molecular flexibility index (Phi) is 13.1. The molecule has 300 valence electrons. The van der Waals surface area contributed by atoms with Gasteiger partial charge in [-0.05, 0) is 69.3 Å². The van der Waals surface area contributed by atoms with Crippen molar-refractivity contribution in [3.63, 3.8) is 0 Å². The van der Waals surface area contributed by atoms with Crippen LogP contribution in [0.15, 0.2) is 137 Å². The van der Waals surface area contributed by atoms with Crippen LogP contribution in [-0.2, 0) is 50.9 Å². The van der Waals surface area contributed by atoms with Crippen molar-refractivity contribution < 1.29 is 27.8 Å². The number of ether oxygens (including phenoxy) is 2. The van der Waals surface area contributed by atoms with E-state index in [1.807, 2.05) is 110 Å². The first-order valence-electron chi connectivity index (χ1n) is 19.0. The molecule has 0 radical (unpaired) electrons. The molecule has 5 atom stereocenters. The standard InChI is InChI=1S/C44H46N6O6S2/c1-29-13-23-37(24-14-29)58(53,54)47-39(25-31-9-5-4-6-10-31)42(52)45-26-36-11-7-8-12-38(36)33-19-21-35(22-20-33)43-55-40(28-57-44-46-48-49-50(44)3)30(2)41(56-43)34-17-15-32(27-51)16-18-34/h4-24,30,39-41,43,47,51H,25-28H2,1-3H3,(H,45,52). The third kappa shape index (κ3) is 9.89. The van der Waals surface area contributed by atoms with Crippen LogP contribution in [0.25, 0.3) is 11.1 Å². The lowest BCUT2D eigenvalue weighted by atomic mass is 9.91. The summed E-state index contributed by atoms with van der Waals surface area (Å²) in [5.41, 5.74) is 7.14. The van der Waals surface area contributed by atoms with Crippen LogP contribution in [0.2, 0.25) is 0 Å². The van der Waals surface area contributed by atoms with Gasteiger partial charge in [-0.15, -0.1) is 5.10 Å². The van der Waals surface area contributed by atoms with Crippen LogP contribution in [0.5, 0.6) is 0 Å². The Morgan fingerprint density at radius 2 is 1.55 bits per heavy atom. The second-order valence-corrected chi connectivity index (χ2v) is 17.1. The first-order valence-corrected chi connectivity index (χ1v) is 21.5. The molecule has 1 saturated heterocycles. The topological polar surface area (TPSA) is 158 Å². The van der Waals surface area contributed by atoms with Crippen LogP contribution in [0, 0.1) is 12.8 Å². The zero-order valence-electron chi connectivity index (χ0n) is 32.4. The number of carbonyl (C=O) groups excluding carboxylic acids is 1. The molecule has 3 N–H and O–H groups in total. The molecule has 0 aliphatic carbocycles. The van der Waals surface area contributed by atoms with E-state index in [9.17, 15) is 18.3 Å². The van der Waals surface area contributed by atoms with Gasteiger partial charge in [0.05, 0.1) is 23.7 Å². The highest BCUT2D eigenvalue weighted by Gasteiger charge is 2.38. The number of sulfonamides is 1. The fraction of sp³-hybridized carbons (Fsp3) is 0.273. The van der Waals surface area contributed by atoms with Gasteiger partial charge in [0.15, 0.2) is 6.29 Å². The number of aliphatic hydroxyl groups excluding tert-OH is 1. The predicted molar refractivity (Wildman–Crippen MR) is 222 cm³/mol. The summed E-state index contributed by atoms with van der Waals surface area (Å²) in [6.07, 6.45) is -0.947. The monoisotopic (exact) mass is 818 g/mol. The first kappa shape index (κ1) is 41.0. The number of aryl methyl sites for hydroxylation is 2. The number of aliphatic hydroxyl groups is 1. The number of thioether (sulfide) groups is 1. The van der Waals surface area contributed by atoms with Gasteiger partial charge in [0, 0.05) is 30.8 Å². The highest BCUT2D eigenvalue weighted by atomic mass is 32.2. The lowest BCUT2D eigenvalue weighted by Crippen LogP contribution is -2.47. The summed E-state index contributed by atoms with van der Waals surface area (Å²) in [5.74, 6) is 0.169. The van der Waals surface area contributed by atoms with Crippen LogP contribution in [0.1, 0.15) is 52.7 Å². The number of nitrogens with zero attached hydrogens (tertiary/aromatic N) is 4. The zero-order chi connectivity index (χ0) is 40.6. The average Bonchev–Trinajstić information content (AvgIpc) is 3.67. The van der Waals surface area contributed by atoms with Crippen LogP contribution < -0.4 is 10.0 Å². The number of benzene rings is 5. The Morgan fingerprint density at radius 1 is 0.862 bits per heavy atom. The summed E-state index contributed by atoms with van der Waals surface area (Å²) in [6.45, 7) is 4.14. The van der Waals surface area contributed by atoms with Crippen LogP contribution in [0.3, 0.4) is 0 Å². The summed E-state index contributed by atoms with van der Waals surface area (Å²) < 4.78 is 44.4. The fourth-order valence-corrected chi connectivity index (χ4v) is 9.11. The van der Waals surface area contributed by atoms with Gasteiger partial charge in [-0.25, -0.2) is 13.1 Å². The lowest BCUT2D eigenvalue weighted by Gasteiger charge is -2.41. The van der Waals surface area contributed by atoms with Crippen molar-refractivity contribution in [3.05, 3.63) is 161 Å². The van der Waals surface area contributed by atoms with E-state index in [1.54, 1.807) is 23.9 Å². The Balaban J connectivity index is 1.08. The average molecular weight is 819 g/mol. The maximum absolute atomic E-state index is 13.8. The van der Waals surface area contributed by atoms with E-state index in [-0.39, 0.29) is 42.6 Å². The largest absolute Gasteiger partial charge is 0.392 e. The van der Waals surface area contributed by atoms with E-state index in [4.69, 9.17) is 9.47 Å². The molecular formula is C44H46N6O6S2. The fourth-order valence-electron chi connectivity index (χ4n) is 6.90. The van der Waals surface area contributed by atoms with E-state index in [0.717, 1.165) is 44.5 Å². The number of amides is 1. The molecule has 12 nitrogen and oxygen atoms in total. The number of aromatic nitrogens is 4. The van der Waals surface area contributed by atoms with Crippen molar-refractivity contribution in [1.29, 1.82) is 0 Å². The smallest absolute Gasteiger partial charge is 0.241 e. The molecule has 5 unspecified atom stereocenters. The molecule has 1 aromatic heterocycles. The number of nitrogens with one attached hydrogen (secondary N) is 2. The Morgan fingerprint density at radius 3 is 2.24 bits per heavy atom. The van der Waals surface area contributed by atoms with E-state index < -0.39 is 28.3 Å². The molecule has 0 saturated carbocycles. The van der Waals surface area contributed by atoms with Gasteiger partial charge in [0.2, 0.25) is 21.1 Å². The Hall–Kier alpha value is -5.22. The SMILES string of the molecule is Cc1ccc(S(=O)(=O)NC(Cc2ccccc2)C(=O)NCc2ccccc2-c2ccc(C3OC(CSc4nnnn4C)C(C)C(c4ccc(CO)cc4)O3)cc2)cc1. The minimum absolute atomic E-state index is 0.00326. The van der Waals surface area contributed by atoms with Gasteiger partial charge < -0.3 is 19.9 Å². The molecule has 6 aromatic rings. The molecule has 14 heteroatoms. The highest BCUT2D eigenvalue weighted by molar-refractivity contribution is 7.99. The van der Waals surface area contributed by atoms with E-state index >= 15 is 0 Å². The molecule has 1 fully saturated rings. The Bertz CT molecular complexity index is 2390. The molecule has 1 amide bonds. The summed E-state index contributed by atoms with van der Waals surface area (Å²) >= 11 is 1.53. The normalized spacial score (nSPS) is 18.8. The quantitative estimate of drug-likeness (QED) is 0.0982. The van der Waals surface area contributed by atoms with Crippen molar-refractivity contribution in [2.24, 2.45) is 13.0 Å². The van der Waals surface area contributed by atoms with Gasteiger partial charge in [0.25, 0.3) is 0 Å². The summed E-state index contributed by atoms with van der Waals surface area (Å²) in [4.78, 5) is 13.9. The second kappa shape index (κ2) is 18.6. The number of rotatable bonds is 15. The van der Waals surface area contributed by atoms with Crippen molar-refractivity contribution in [2.75, 3.05) is 5.75 Å². The van der Waals surface area contributed by atoms with Gasteiger partial charge in [-0.1, -0.05) is 140 Å². The third-order valence-electron chi connectivity index (χ3n) is 10.3. The van der Waals surface area contributed by atoms with Crippen molar-refractivity contribution in [1.82, 2.24) is 30.2 Å². The Labute approximate surface area is 343 Å².